The highest BCUT2D eigenvalue weighted by atomic mass is 35.5. The van der Waals surface area contributed by atoms with Crippen LogP contribution in [0.4, 0.5) is 9.59 Å². The van der Waals surface area contributed by atoms with E-state index in [2.05, 4.69) is 5.32 Å². The largest absolute Gasteiger partial charge is 0.448 e. The van der Waals surface area contributed by atoms with Crippen molar-refractivity contribution >= 4 is 29.6 Å². The number of amides is 4. The van der Waals surface area contributed by atoms with Gasteiger partial charge in [-0.25, -0.2) is 19.6 Å². The first-order valence-corrected chi connectivity index (χ1v) is 7.14. The zero-order valence-electron chi connectivity index (χ0n) is 12.2. The second-order valence-corrected chi connectivity index (χ2v) is 5.13. The zero-order valence-corrected chi connectivity index (χ0v) is 13.0. The average molecular weight is 326 g/mol. The molecule has 1 N–H and O–H groups in total. The molecule has 1 aromatic rings. The van der Waals surface area contributed by atoms with Gasteiger partial charge in [-0.2, -0.15) is 0 Å². The van der Waals surface area contributed by atoms with Gasteiger partial charge in [0.2, 0.25) is 0 Å². The van der Waals surface area contributed by atoms with Crippen molar-refractivity contribution in [3.05, 3.63) is 34.9 Å². The van der Waals surface area contributed by atoms with Crippen LogP contribution in [0.2, 0.25) is 5.02 Å². The summed E-state index contributed by atoms with van der Waals surface area (Å²) in [6.07, 6.45) is -0.743. The Bertz CT molecular complexity index is 590. The fourth-order valence-corrected chi connectivity index (χ4v) is 2.18. The lowest BCUT2D eigenvalue weighted by Gasteiger charge is -2.40. The number of benzene rings is 1. The van der Waals surface area contributed by atoms with Gasteiger partial charge in [0.1, 0.15) is 6.04 Å². The standard InChI is InChI=1S/C14H16ClN3O4/c1-3-22-14(21)18-9(2)12(19)16-13(20)17(18)8-10-4-6-11(15)7-5-10/h4-7,9H,3,8H2,1-2H3,(H,16,19,20). The van der Waals surface area contributed by atoms with E-state index in [0.29, 0.717) is 5.02 Å². The monoisotopic (exact) mass is 325 g/mol. The molecule has 0 aliphatic carbocycles. The third kappa shape index (κ3) is 3.30. The lowest BCUT2D eigenvalue weighted by atomic mass is 10.2. The highest BCUT2D eigenvalue weighted by Crippen LogP contribution is 2.18. The second kappa shape index (κ2) is 6.65. The number of hydrazine groups is 1. The van der Waals surface area contributed by atoms with Crippen molar-refractivity contribution in [3.63, 3.8) is 0 Å². The topological polar surface area (TPSA) is 79.0 Å². The molecule has 1 heterocycles. The van der Waals surface area contributed by atoms with E-state index in [1.54, 1.807) is 31.2 Å². The molecule has 1 aromatic carbocycles. The quantitative estimate of drug-likeness (QED) is 0.923. The number of urea groups is 1. The predicted molar refractivity (Wildman–Crippen MR) is 78.9 cm³/mol. The van der Waals surface area contributed by atoms with E-state index >= 15 is 0 Å². The normalized spacial score (nSPS) is 18.2. The lowest BCUT2D eigenvalue weighted by Crippen LogP contribution is -2.66. The number of carbonyl (C=O) groups excluding carboxylic acids is 3. The molecule has 1 aliphatic rings. The molecular formula is C14H16ClN3O4. The minimum Gasteiger partial charge on any atom is -0.448 e. The number of halogens is 1. The molecule has 1 unspecified atom stereocenters. The predicted octanol–water partition coefficient (Wildman–Crippen LogP) is 2.15. The molecule has 7 nitrogen and oxygen atoms in total. The highest BCUT2D eigenvalue weighted by Gasteiger charge is 2.40. The molecule has 1 saturated heterocycles. The lowest BCUT2D eigenvalue weighted by molar-refractivity contribution is -0.135. The fourth-order valence-electron chi connectivity index (χ4n) is 2.05. The molecule has 1 aliphatic heterocycles. The van der Waals surface area contributed by atoms with Gasteiger partial charge in [-0.3, -0.25) is 10.1 Å². The van der Waals surface area contributed by atoms with Crippen LogP contribution in [-0.4, -0.2) is 40.7 Å². The molecule has 4 amide bonds. The number of carbonyl (C=O) groups is 3. The summed E-state index contributed by atoms with van der Waals surface area (Å²) in [4.78, 5) is 35.9. The van der Waals surface area contributed by atoms with Crippen molar-refractivity contribution < 1.29 is 19.1 Å². The van der Waals surface area contributed by atoms with Gasteiger partial charge in [-0.1, -0.05) is 23.7 Å². The smallest absolute Gasteiger partial charge is 0.429 e. The first kappa shape index (κ1) is 16.1. The van der Waals surface area contributed by atoms with Crippen molar-refractivity contribution in [2.45, 2.75) is 26.4 Å². The Balaban J connectivity index is 2.26. The molecule has 0 saturated carbocycles. The second-order valence-electron chi connectivity index (χ2n) is 4.70. The number of hydrogen-bond acceptors (Lipinski definition) is 4. The van der Waals surface area contributed by atoms with Gasteiger partial charge < -0.3 is 4.74 Å². The SMILES string of the molecule is CCOC(=O)N1C(C)C(=O)NC(=O)N1Cc1ccc(Cl)cc1. The van der Waals surface area contributed by atoms with E-state index in [1.807, 2.05) is 0 Å². The van der Waals surface area contributed by atoms with Gasteiger partial charge in [0, 0.05) is 5.02 Å². The minimum absolute atomic E-state index is 0.111. The molecular weight excluding hydrogens is 310 g/mol. The third-order valence-corrected chi connectivity index (χ3v) is 3.42. The van der Waals surface area contributed by atoms with Gasteiger partial charge in [0.25, 0.3) is 5.91 Å². The molecule has 0 aromatic heterocycles. The summed E-state index contributed by atoms with van der Waals surface area (Å²) >= 11 is 5.82. The number of nitrogens with one attached hydrogen (secondary N) is 1. The Morgan fingerprint density at radius 2 is 1.95 bits per heavy atom. The summed E-state index contributed by atoms with van der Waals surface area (Å²) in [5, 5.41) is 4.95. The van der Waals surface area contributed by atoms with Gasteiger partial charge >= 0.3 is 12.1 Å². The molecule has 0 radical (unpaired) electrons. The van der Waals surface area contributed by atoms with Crippen molar-refractivity contribution in [2.24, 2.45) is 0 Å². The Hall–Kier alpha value is -2.28. The van der Waals surface area contributed by atoms with Crippen molar-refractivity contribution in [3.8, 4) is 0 Å². The van der Waals surface area contributed by atoms with Gasteiger partial charge in [-0.15, -0.1) is 0 Å². The summed E-state index contributed by atoms with van der Waals surface area (Å²) in [7, 11) is 0. The third-order valence-electron chi connectivity index (χ3n) is 3.17. The number of hydrogen-bond donors (Lipinski definition) is 1. The van der Waals surface area contributed by atoms with E-state index in [-0.39, 0.29) is 13.2 Å². The zero-order chi connectivity index (χ0) is 16.3. The van der Waals surface area contributed by atoms with Crippen LogP contribution >= 0.6 is 11.6 Å². The van der Waals surface area contributed by atoms with Crippen LogP contribution in [0.1, 0.15) is 19.4 Å². The summed E-state index contributed by atoms with van der Waals surface area (Å²) < 4.78 is 4.93. The van der Waals surface area contributed by atoms with Crippen LogP contribution in [0.3, 0.4) is 0 Å². The first-order chi connectivity index (χ1) is 10.4. The molecule has 0 bridgehead atoms. The molecule has 22 heavy (non-hydrogen) atoms. The Kier molecular flexibility index (Phi) is 4.87. The minimum atomic E-state index is -0.843. The summed E-state index contributed by atoms with van der Waals surface area (Å²) in [6.45, 7) is 3.43. The van der Waals surface area contributed by atoms with Crippen molar-refractivity contribution in [1.82, 2.24) is 15.3 Å². The summed E-state index contributed by atoms with van der Waals surface area (Å²) in [6, 6.07) is 5.32. The Morgan fingerprint density at radius 1 is 1.32 bits per heavy atom. The molecule has 0 spiro atoms. The Morgan fingerprint density at radius 3 is 2.55 bits per heavy atom. The van der Waals surface area contributed by atoms with E-state index < -0.39 is 24.1 Å². The summed E-state index contributed by atoms with van der Waals surface area (Å²) in [5.41, 5.74) is 0.760. The summed E-state index contributed by atoms with van der Waals surface area (Å²) in [5.74, 6) is -0.551. The van der Waals surface area contributed by atoms with Crippen LogP contribution in [0, 0.1) is 0 Å². The van der Waals surface area contributed by atoms with Crippen LogP contribution in [0.5, 0.6) is 0 Å². The molecule has 1 atom stereocenters. The van der Waals surface area contributed by atoms with Gasteiger partial charge in [0.05, 0.1) is 13.2 Å². The number of nitrogens with zero attached hydrogens (tertiary/aromatic N) is 2. The van der Waals surface area contributed by atoms with E-state index in [4.69, 9.17) is 16.3 Å². The van der Waals surface area contributed by atoms with Crippen LogP contribution < -0.4 is 5.32 Å². The number of rotatable bonds is 3. The van der Waals surface area contributed by atoms with Gasteiger partial charge in [-0.05, 0) is 31.5 Å². The van der Waals surface area contributed by atoms with Crippen molar-refractivity contribution in [1.29, 1.82) is 0 Å². The highest BCUT2D eigenvalue weighted by molar-refractivity contribution is 6.30. The van der Waals surface area contributed by atoms with E-state index in [0.717, 1.165) is 15.6 Å². The number of imide groups is 1. The molecule has 118 valence electrons. The maximum Gasteiger partial charge on any atom is 0.429 e. The number of ether oxygens (including phenoxy) is 1. The van der Waals surface area contributed by atoms with Crippen molar-refractivity contribution in [2.75, 3.05) is 6.61 Å². The van der Waals surface area contributed by atoms with Crippen LogP contribution in [0.25, 0.3) is 0 Å². The fraction of sp³-hybridized carbons (Fsp3) is 0.357. The van der Waals surface area contributed by atoms with Crippen LogP contribution in [-0.2, 0) is 16.1 Å². The Labute approximate surface area is 132 Å². The first-order valence-electron chi connectivity index (χ1n) is 6.76. The maximum absolute atomic E-state index is 12.1. The average Bonchev–Trinajstić information content (AvgIpc) is 2.47. The van der Waals surface area contributed by atoms with Gasteiger partial charge in [0.15, 0.2) is 0 Å². The molecule has 1 fully saturated rings. The molecule has 8 heteroatoms. The van der Waals surface area contributed by atoms with Crippen LogP contribution in [0.15, 0.2) is 24.3 Å². The van der Waals surface area contributed by atoms with E-state index in [9.17, 15) is 14.4 Å². The molecule has 2 rings (SSSR count). The van der Waals surface area contributed by atoms with E-state index in [1.165, 1.54) is 6.92 Å². The maximum atomic E-state index is 12.1.